The Balaban J connectivity index is 1.39. The van der Waals surface area contributed by atoms with Crippen LogP contribution in [-0.2, 0) is 13.0 Å². The van der Waals surface area contributed by atoms with E-state index in [0.717, 1.165) is 41.2 Å². The maximum Gasteiger partial charge on any atom is 0.157 e. The molecule has 2 aromatic heterocycles. The molecule has 5 atom stereocenters. The van der Waals surface area contributed by atoms with E-state index in [1.54, 1.807) is 12.1 Å². The first-order chi connectivity index (χ1) is 16.5. The summed E-state index contributed by atoms with van der Waals surface area (Å²) in [6.45, 7) is 2.13. The summed E-state index contributed by atoms with van der Waals surface area (Å²) in [5, 5.41) is 7.80. The summed E-state index contributed by atoms with van der Waals surface area (Å²) >= 11 is 0. The molecule has 0 bridgehead atoms. The summed E-state index contributed by atoms with van der Waals surface area (Å²) in [5.41, 5.74) is 3.94. The van der Waals surface area contributed by atoms with Crippen molar-refractivity contribution >= 4 is 21.9 Å². The van der Waals surface area contributed by atoms with Crippen LogP contribution in [0.3, 0.4) is 0 Å². The molecule has 4 heterocycles. The number of piperidine rings is 1. The molecule has 0 amide bonds. The molecule has 3 aliphatic rings. The topological polar surface area (TPSA) is 57.7 Å². The standard InChI is InChI=1S/C26H26F3N5/c27-14-1-3-18-20(9-17-6-16(29)11-30-17)25(32-21(18)7-14)26-33-22-8-15(28)2-4-24(22)34(26)12-23-19-5-13(19)10-31-23/h1-4,7-8,13,16-17,19,23,30-32H,5-6,9-12H2/t13-,16-,17-,19?,23+/m0/s1. The molecule has 1 aliphatic carbocycles. The zero-order valence-corrected chi connectivity index (χ0v) is 18.6. The van der Waals surface area contributed by atoms with Crippen molar-refractivity contribution in [1.29, 1.82) is 0 Å². The van der Waals surface area contributed by atoms with Crippen LogP contribution >= 0.6 is 0 Å². The van der Waals surface area contributed by atoms with Gasteiger partial charge in [-0.05, 0) is 73.5 Å². The quantitative estimate of drug-likeness (QED) is 0.412. The van der Waals surface area contributed by atoms with E-state index in [9.17, 15) is 13.2 Å². The van der Waals surface area contributed by atoms with Crippen LogP contribution in [0.2, 0.25) is 0 Å². The second-order valence-corrected chi connectivity index (χ2v) is 10.2. The van der Waals surface area contributed by atoms with Gasteiger partial charge < -0.3 is 20.2 Å². The zero-order chi connectivity index (χ0) is 23.0. The van der Waals surface area contributed by atoms with Crippen molar-refractivity contribution in [1.82, 2.24) is 25.2 Å². The molecule has 2 aromatic carbocycles. The van der Waals surface area contributed by atoms with Crippen LogP contribution < -0.4 is 10.6 Å². The molecule has 1 saturated carbocycles. The minimum absolute atomic E-state index is 0.00297. The lowest BCUT2D eigenvalue weighted by molar-refractivity contribution is 0.355. The van der Waals surface area contributed by atoms with Gasteiger partial charge in [0.1, 0.15) is 17.8 Å². The molecular weight excluding hydrogens is 439 g/mol. The average Bonchev–Trinajstić information content (AvgIpc) is 3.09. The minimum Gasteiger partial charge on any atom is -0.352 e. The van der Waals surface area contributed by atoms with Gasteiger partial charge in [0.2, 0.25) is 0 Å². The molecule has 0 radical (unpaired) electrons. The van der Waals surface area contributed by atoms with Crippen molar-refractivity contribution in [3.8, 4) is 11.5 Å². The van der Waals surface area contributed by atoms with Gasteiger partial charge in [0.25, 0.3) is 0 Å². The van der Waals surface area contributed by atoms with Crippen LogP contribution in [0, 0.1) is 23.5 Å². The highest BCUT2D eigenvalue weighted by atomic mass is 19.1. The maximum atomic E-state index is 14.1. The molecule has 34 heavy (non-hydrogen) atoms. The van der Waals surface area contributed by atoms with E-state index in [-0.39, 0.29) is 17.7 Å². The number of aromatic nitrogens is 3. The highest BCUT2D eigenvalue weighted by molar-refractivity contribution is 5.91. The van der Waals surface area contributed by atoms with Crippen molar-refractivity contribution in [2.24, 2.45) is 11.8 Å². The minimum atomic E-state index is -0.858. The Kier molecular flexibility index (Phi) is 4.58. The molecule has 3 fully saturated rings. The van der Waals surface area contributed by atoms with Gasteiger partial charge in [0.15, 0.2) is 5.82 Å². The van der Waals surface area contributed by atoms with Crippen LogP contribution in [0.15, 0.2) is 36.4 Å². The molecule has 0 spiro atoms. The Hall–Kier alpha value is -2.84. The first kappa shape index (κ1) is 20.5. The Morgan fingerprint density at radius 1 is 1.00 bits per heavy atom. The van der Waals surface area contributed by atoms with Crippen LogP contribution in [0.4, 0.5) is 13.2 Å². The largest absolute Gasteiger partial charge is 0.352 e. The van der Waals surface area contributed by atoms with Gasteiger partial charge in [0.05, 0.1) is 16.7 Å². The number of benzene rings is 2. The monoisotopic (exact) mass is 465 g/mol. The SMILES string of the molecule is Fc1ccc2c(c1)nc(-c1[nH]c3cc(F)ccc3c1C[C@@H]1C[C@H](F)CN1)n2C[C@H]1NC[C@@H]2CC21. The number of fused-ring (bicyclic) bond motifs is 3. The number of nitrogens with one attached hydrogen (secondary N) is 3. The van der Waals surface area contributed by atoms with Crippen LogP contribution in [0.25, 0.3) is 33.5 Å². The van der Waals surface area contributed by atoms with Gasteiger partial charge in [-0.1, -0.05) is 0 Å². The fourth-order valence-electron chi connectivity index (χ4n) is 6.13. The molecule has 2 saturated heterocycles. The van der Waals surface area contributed by atoms with Gasteiger partial charge in [-0.25, -0.2) is 18.2 Å². The number of rotatable bonds is 5. The van der Waals surface area contributed by atoms with Crippen molar-refractivity contribution in [3.63, 3.8) is 0 Å². The number of halogens is 3. The third-order valence-electron chi connectivity index (χ3n) is 7.94. The number of alkyl halides is 1. The fourth-order valence-corrected chi connectivity index (χ4v) is 6.13. The lowest BCUT2D eigenvalue weighted by Gasteiger charge is -2.18. The van der Waals surface area contributed by atoms with Crippen LogP contribution in [0.5, 0.6) is 0 Å². The third-order valence-corrected chi connectivity index (χ3v) is 7.94. The third kappa shape index (κ3) is 3.34. The lowest BCUT2D eigenvalue weighted by atomic mass is 10.0. The zero-order valence-electron chi connectivity index (χ0n) is 18.6. The molecule has 1 unspecified atom stereocenters. The van der Waals surface area contributed by atoms with E-state index in [4.69, 9.17) is 4.98 Å². The summed E-state index contributed by atoms with van der Waals surface area (Å²) in [7, 11) is 0. The van der Waals surface area contributed by atoms with Gasteiger partial charge >= 0.3 is 0 Å². The summed E-state index contributed by atoms with van der Waals surface area (Å²) in [6.07, 6.45) is 1.45. The number of aromatic amines is 1. The second kappa shape index (κ2) is 7.58. The van der Waals surface area contributed by atoms with Crippen molar-refractivity contribution in [3.05, 3.63) is 53.6 Å². The second-order valence-electron chi connectivity index (χ2n) is 10.2. The van der Waals surface area contributed by atoms with E-state index in [2.05, 4.69) is 20.2 Å². The Bertz CT molecular complexity index is 1410. The van der Waals surface area contributed by atoms with Gasteiger partial charge in [-0.15, -0.1) is 0 Å². The van der Waals surface area contributed by atoms with E-state index < -0.39 is 6.17 Å². The molecule has 8 heteroatoms. The molecule has 176 valence electrons. The first-order valence-corrected chi connectivity index (χ1v) is 12.1. The fraction of sp³-hybridized carbons (Fsp3) is 0.423. The van der Waals surface area contributed by atoms with E-state index >= 15 is 0 Å². The first-order valence-electron chi connectivity index (χ1n) is 12.1. The normalized spacial score (nSPS) is 28.3. The summed E-state index contributed by atoms with van der Waals surface area (Å²) in [6, 6.07) is 9.79. The summed E-state index contributed by atoms with van der Waals surface area (Å²) in [4.78, 5) is 8.28. The maximum absolute atomic E-state index is 14.1. The van der Waals surface area contributed by atoms with Crippen molar-refractivity contribution < 1.29 is 13.2 Å². The van der Waals surface area contributed by atoms with E-state index in [1.807, 2.05) is 0 Å². The Labute approximate surface area is 194 Å². The van der Waals surface area contributed by atoms with Crippen molar-refractivity contribution in [2.75, 3.05) is 13.1 Å². The molecule has 7 rings (SSSR count). The number of nitrogens with zero attached hydrogens (tertiary/aromatic N) is 2. The number of imidazole rings is 1. The van der Waals surface area contributed by atoms with Gasteiger partial charge in [-0.3, -0.25) is 0 Å². The molecular formula is C26H26F3N5. The number of hydrogen-bond acceptors (Lipinski definition) is 3. The smallest absolute Gasteiger partial charge is 0.157 e. The van der Waals surface area contributed by atoms with Crippen molar-refractivity contribution in [2.45, 2.75) is 44.1 Å². The van der Waals surface area contributed by atoms with Gasteiger partial charge in [-0.2, -0.15) is 0 Å². The number of hydrogen-bond donors (Lipinski definition) is 3. The molecule has 4 aromatic rings. The van der Waals surface area contributed by atoms with Crippen LogP contribution in [0.1, 0.15) is 18.4 Å². The summed E-state index contributed by atoms with van der Waals surface area (Å²) < 4.78 is 44.3. The molecule has 2 aliphatic heterocycles. The Morgan fingerprint density at radius 2 is 1.85 bits per heavy atom. The van der Waals surface area contributed by atoms with E-state index in [0.29, 0.717) is 48.2 Å². The lowest BCUT2D eigenvalue weighted by Crippen LogP contribution is -2.31. The molecule has 5 nitrogen and oxygen atoms in total. The predicted molar refractivity (Wildman–Crippen MR) is 125 cm³/mol. The highest BCUT2D eigenvalue weighted by Crippen LogP contribution is 2.46. The van der Waals surface area contributed by atoms with Gasteiger partial charge in [0, 0.05) is 42.1 Å². The Morgan fingerprint density at radius 3 is 2.62 bits per heavy atom. The van der Waals surface area contributed by atoms with Crippen LogP contribution in [-0.4, -0.2) is 45.9 Å². The summed E-state index contributed by atoms with van der Waals surface area (Å²) in [5.74, 6) is 1.50. The van der Waals surface area contributed by atoms with E-state index in [1.165, 1.54) is 30.7 Å². The highest BCUT2D eigenvalue weighted by Gasteiger charge is 2.48. The molecule has 3 N–H and O–H groups in total. The number of H-pyrrole nitrogens is 1. The predicted octanol–water partition coefficient (Wildman–Crippen LogP) is 4.31. The average molecular weight is 466 g/mol.